The van der Waals surface area contributed by atoms with Crippen LogP contribution in [0.5, 0.6) is 0 Å². The molecule has 4 amide bonds. The summed E-state index contributed by atoms with van der Waals surface area (Å²) in [5, 5.41) is 10.8. The Balaban J connectivity index is 1.25. The van der Waals surface area contributed by atoms with Gasteiger partial charge in [-0.3, -0.25) is 19.6 Å². The van der Waals surface area contributed by atoms with E-state index in [0.29, 0.717) is 24.2 Å². The molecule has 0 unspecified atom stereocenters. The van der Waals surface area contributed by atoms with Crippen LogP contribution in [0.4, 0.5) is 4.79 Å². The first-order valence-corrected chi connectivity index (χ1v) is 10.8. The van der Waals surface area contributed by atoms with Gasteiger partial charge in [-0.1, -0.05) is 23.8 Å². The number of urea groups is 1. The largest absolute Gasteiger partial charge is 0.338 e. The number of piperidine rings is 1. The third-order valence-corrected chi connectivity index (χ3v) is 6.56. The number of aryl methyl sites for hydroxylation is 1. The predicted molar refractivity (Wildman–Crippen MR) is 119 cm³/mol. The highest BCUT2D eigenvalue weighted by atomic mass is 16.2. The van der Waals surface area contributed by atoms with Crippen molar-refractivity contribution in [2.45, 2.75) is 38.3 Å². The van der Waals surface area contributed by atoms with E-state index in [1.165, 1.54) is 5.56 Å². The van der Waals surface area contributed by atoms with Crippen LogP contribution < -0.4 is 10.6 Å². The number of amides is 4. The summed E-state index contributed by atoms with van der Waals surface area (Å²) in [5.41, 5.74) is 2.30. The van der Waals surface area contributed by atoms with Gasteiger partial charge in [0.1, 0.15) is 5.54 Å². The number of fused-ring (bicyclic) bond motifs is 1. The van der Waals surface area contributed by atoms with Gasteiger partial charge < -0.3 is 10.2 Å². The molecule has 0 spiro atoms. The molecular formula is C24H25N5O3. The summed E-state index contributed by atoms with van der Waals surface area (Å²) in [7, 11) is 0. The Hall–Kier alpha value is -3.68. The zero-order valence-corrected chi connectivity index (χ0v) is 18.1. The summed E-state index contributed by atoms with van der Waals surface area (Å²) < 4.78 is 2.04. The molecule has 8 heteroatoms. The number of rotatable bonds is 3. The minimum atomic E-state index is -1.12. The number of aromatic nitrogens is 2. The van der Waals surface area contributed by atoms with Crippen LogP contribution in [0.1, 0.15) is 47.3 Å². The smallest absolute Gasteiger partial charge is 0.322 e. The van der Waals surface area contributed by atoms with Gasteiger partial charge in [0, 0.05) is 30.2 Å². The fraction of sp³-hybridized carbons (Fsp3) is 0.333. The van der Waals surface area contributed by atoms with Crippen LogP contribution in [0, 0.1) is 6.92 Å². The van der Waals surface area contributed by atoms with E-state index in [4.69, 9.17) is 5.10 Å². The maximum atomic E-state index is 13.0. The molecule has 0 bridgehead atoms. The number of imide groups is 1. The van der Waals surface area contributed by atoms with Gasteiger partial charge in [0.2, 0.25) is 0 Å². The Kier molecular flexibility index (Phi) is 4.73. The van der Waals surface area contributed by atoms with E-state index < -0.39 is 17.5 Å². The summed E-state index contributed by atoms with van der Waals surface area (Å²) in [5.74, 6) is -0.425. The van der Waals surface area contributed by atoms with Crippen molar-refractivity contribution in [2.24, 2.45) is 0 Å². The average molecular weight is 431 g/mol. The highest BCUT2D eigenvalue weighted by Crippen LogP contribution is 2.27. The SMILES string of the molecule is Cc1ccc2nn(C3CCN(C(=O)c4ccc([C@@]5(C)NC(=O)NC5=O)cc4)CC3)cc2c1. The predicted octanol–water partition coefficient (Wildman–Crippen LogP) is 2.88. The lowest BCUT2D eigenvalue weighted by Gasteiger charge is -2.32. The van der Waals surface area contributed by atoms with Crippen LogP contribution in [0.3, 0.4) is 0 Å². The van der Waals surface area contributed by atoms with Gasteiger partial charge in [-0.05, 0) is 56.5 Å². The molecule has 8 nitrogen and oxygen atoms in total. The van der Waals surface area contributed by atoms with Crippen LogP contribution in [-0.2, 0) is 10.3 Å². The maximum Gasteiger partial charge on any atom is 0.322 e. The molecule has 0 radical (unpaired) electrons. The molecule has 2 aromatic carbocycles. The van der Waals surface area contributed by atoms with E-state index in [2.05, 4.69) is 35.9 Å². The van der Waals surface area contributed by atoms with Gasteiger partial charge in [-0.15, -0.1) is 0 Å². The number of hydrogen-bond acceptors (Lipinski definition) is 4. The zero-order valence-electron chi connectivity index (χ0n) is 18.1. The van der Waals surface area contributed by atoms with Crippen molar-refractivity contribution in [1.29, 1.82) is 0 Å². The third-order valence-electron chi connectivity index (χ3n) is 6.56. The molecule has 5 rings (SSSR count). The summed E-state index contributed by atoms with van der Waals surface area (Å²) in [6.45, 7) is 5.05. The molecule has 3 aromatic rings. The van der Waals surface area contributed by atoms with Crippen molar-refractivity contribution in [2.75, 3.05) is 13.1 Å². The maximum absolute atomic E-state index is 13.0. The number of likely N-dealkylation sites (tertiary alicyclic amines) is 1. The number of nitrogens with zero attached hydrogens (tertiary/aromatic N) is 3. The Morgan fingerprint density at radius 2 is 1.81 bits per heavy atom. The first kappa shape index (κ1) is 20.2. The Labute approximate surface area is 185 Å². The minimum absolute atomic E-state index is 0.0266. The van der Waals surface area contributed by atoms with Crippen LogP contribution in [-0.4, -0.2) is 45.6 Å². The van der Waals surface area contributed by atoms with Gasteiger partial charge in [-0.25, -0.2) is 4.79 Å². The van der Waals surface area contributed by atoms with E-state index in [1.54, 1.807) is 31.2 Å². The molecule has 1 atom stereocenters. The lowest BCUT2D eigenvalue weighted by atomic mass is 9.91. The average Bonchev–Trinajstić information content (AvgIpc) is 3.33. The van der Waals surface area contributed by atoms with Crippen molar-refractivity contribution in [1.82, 2.24) is 25.3 Å². The topological polar surface area (TPSA) is 96.3 Å². The van der Waals surface area contributed by atoms with Crippen molar-refractivity contribution in [3.8, 4) is 0 Å². The molecule has 3 heterocycles. The molecule has 2 N–H and O–H groups in total. The second-order valence-electron chi connectivity index (χ2n) is 8.81. The molecule has 32 heavy (non-hydrogen) atoms. The highest BCUT2D eigenvalue weighted by Gasteiger charge is 2.43. The standard InChI is InChI=1S/C24H25N5O3/c1-15-3-8-20-17(13-15)14-29(27-20)19-9-11-28(12-10-19)21(30)16-4-6-18(7-5-16)24(2)22(31)25-23(32)26-24/h3-8,13-14,19H,9-12H2,1-2H3,(H2,25,26,31,32)/t24-/m1/s1. The van der Waals surface area contributed by atoms with Crippen LogP contribution >= 0.6 is 0 Å². The first-order chi connectivity index (χ1) is 15.3. The molecule has 1 aromatic heterocycles. The minimum Gasteiger partial charge on any atom is -0.338 e. The highest BCUT2D eigenvalue weighted by molar-refractivity contribution is 6.07. The number of benzene rings is 2. The quantitative estimate of drug-likeness (QED) is 0.624. The fourth-order valence-electron chi connectivity index (χ4n) is 4.56. The molecule has 2 aliphatic rings. The van der Waals surface area contributed by atoms with Gasteiger partial charge in [-0.2, -0.15) is 5.10 Å². The van der Waals surface area contributed by atoms with E-state index in [-0.39, 0.29) is 11.9 Å². The summed E-state index contributed by atoms with van der Waals surface area (Å²) in [4.78, 5) is 38.5. The molecule has 0 saturated carbocycles. The number of hydrogen-bond donors (Lipinski definition) is 2. The summed E-state index contributed by atoms with van der Waals surface area (Å²) in [6, 6.07) is 12.9. The fourth-order valence-corrected chi connectivity index (χ4v) is 4.56. The van der Waals surface area contributed by atoms with Crippen LogP contribution in [0.15, 0.2) is 48.7 Å². The van der Waals surface area contributed by atoms with Crippen molar-refractivity contribution < 1.29 is 14.4 Å². The number of carbonyl (C=O) groups is 3. The monoisotopic (exact) mass is 431 g/mol. The van der Waals surface area contributed by atoms with E-state index in [1.807, 2.05) is 15.6 Å². The molecular weight excluding hydrogens is 406 g/mol. The van der Waals surface area contributed by atoms with Gasteiger partial charge in [0.25, 0.3) is 11.8 Å². The van der Waals surface area contributed by atoms with Crippen LogP contribution in [0.25, 0.3) is 10.9 Å². The Morgan fingerprint density at radius 3 is 2.47 bits per heavy atom. The Bertz CT molecular complexity index is 1220. The van der Waals surface area contributed by atoms with Crippen LogP contribution in [0.2, 0.25) is 0 Å². The second kappa shape index (κ2) is 7.47. The van der Waals surface area contributed by atoms with Crippen molar-refractivity contribution in [3.05, 3.63) is 65.4 Å². The van der Waals surface area contributed by atoms with Crippen molar-refractivity contribution in [3.63, 3.8) is 0 Å². The molecule has 164 valence electrons. The number of carbonyl (C=O) groups excluding carboxylic acids is 3. The van der Waals surface area contributed by atoms with E-state index >= 15 is 0 Å². The molecule has 2 saturated heterocycles. The molecule has 2 aliphatic heterocycles. The lowest BCUT2D eigenvalue weighted by molar-refractivity contribution is -0.123. The zero-order chi connectivity index (χ0) is 22.5. The van der Waals surface area contributed by atoms with Crippen molar-refractivity contribution >= 4 is 28.7 Å². The lowest BCUT2D eigenvalue weighted by Crippen LogP contribution is -2.41. The van der Waals surface area contributed by atoms with E-state index in [0.717, 1.165) is 23.7 Å². The number of nitrogens with one attached hydrogen (secondary N) is 2. The first-order valence-electron chi connectivity index (χ1n) is 10.8. The normalized spacial score (nSPS) is 21.6. The third kappa shape index (κ3) is 3.41. The molecule has 0 aliphatic carbocycles. The summed E-state index contributed by atoms with van der Waals surface area (Å²) in [6.07, 6.45) is 3.80. The summed E-state index contributed by atoms with van der Waals surface area (Å²) >= 11 is 0. The van der Waals surface area contributed by atoms with Gasteiger partial charge in [0.15, 0.2) is 0 Å². The van der Waals surface area contributed by atoms with E-state index in [9.17, 15) is 14.4 Å². The van der Waals surface area contributed by atoms with Gasteiger partial charge >= 0.3 is 6.03 Å². The Morgan fingerprint density at radius 1 is 1.09 bits per heavy atom. The second-order valence-corrected chi connectivity index (χ2v) is 8.81. The molecule has 2 fully saturated rings. The van der Waals surface area contributed by atoms with Gasteiger partial charge in [0.05, 0.1) is 11.6 Å².